The van der Waals surface area contributed by atoms with E-state index in [-0.39, 0.29) is 12.5 Å². The maximum Gasteiger partial charge on any atom is 0.303 e. The molecule has 1 N–H and O–H groups in total. The first-order valence-corrected chi connectivity index (χ1v) is 5.20. The molecule has 5 nitrogen and oxygen atoms in total. The van der Waals surface area contributed by atoms with Crippen LogP contribution in [0.3, 0.4) is 0 Å². The van der Waals surface area contributed by atoms with E-state index in [1.54, 1.807) is 4.68 Å². The van der Waals surface area contributed by atoms with Crippen LogP contribution in [0.1, 0.15) is 25.8 Å². The van der Waals surface area contributed by atoms with Gasteiger partial charge in [0.15, 0.2) is 0 Å². The van der Waals surface area contributed by atoms with E-state index in [1.807, 2.05) is 31.2 Å². The van der Waals surface area contributed by atoms with Crippen molar-refractivity contribution in [2.24, 2.45) is 0 Å². The lowest BCUT2D eigenvalue weighted by Gasteiger charge is -2.10. The summed E-state index contributed by atoms with van der Waals surface area (Å²) < 4.78 is 1.78. The molecule has 1 heterocycles. The van der Waals surface area contributed by atoms with Gasteiger partial charge in [0.1, 0.15) is 5.52 Å². The van der Waals surface area contributed by atoms with Gasteiger partial charge in [0.2, 0.25) is 0 Å². The fourth-order valence-corrected chi connectivity index (χ4v) is 1.67. The SMILES string of the molecule is CC(CCC(=O)O)n1nnc2ccccc21. The Morgan fingerprint density at radius 2 is 2.25 bits per heavy atom. The van der Waals surface area contributed by atoms with Gasteiger partial charge in [-0.3, -0.25) is 4.79 Å². The molecular formula is C11H13N3O2. The number of hydrogen-bond donors (Lipinski definition) is 1. The Morgan fingerprint density at radius 1 is 1.50 bits per heavy atom. The molecule has 16 heavy (non-hydrogen) atoms. The van der Waals surface area contributed by atoms with Crippen LogP contribution in [0.2, 0.25) is 0 Å². The van der Waals surface area contributed by atoms with Crippen molar-refractivity contribution in [3.05, 3.63) is 24.3 Å². The number of aromatic nitrogens is 3. The highest BCUT2D eigenvalue weighted by molar-refractivity contribution is 5.74. The molecule has 84 valence electrons. The minimum atomic E-state index is -0.781. The Bertz CT molecular complexity index is 507. The van der Waals surface area contributed by atoms with Crippen LogP contribution in [-0.4, -0.2) is 26.1 Å². The van der Waals surface area contributed by atoms with E-state index in [1.165, 1.54) is 0 Å². The van der Waals surface area contributed by atoms with Gasteiger partial charge in [0.25, 0.3) is 0 Å². The maximum atomic E-state index is 10.5. The smallest absolute Gasteiger partial charge is 0.303 e. The van der Waals surface area contributed by atoms with Crippen LogP contribution in [0.5, 0.6) is 0 Å². The third-order valence-corrected chi connectivity index (χ3v) is 2.57. The van der Waals surface area contributed by atoms with Gasteiger partial charge < -0.3 is 5.11 Å². The fourth-order valence-electron chi connectivity index (χ4n) is 1.67. The second kappa shape index (κ2) is 4.30. The summed E-state index contributed by atoms with van der Waals surface area (Å²) in [4.78, 5) is 10.5. The number of carbonyl (C=O) groups is 1. The van der Waals surface area contributed by atoms with Gasteiger partial charge in [-0.05, 0) is 25.5 Å². The van der Waals surface area contributed by atoms with Crippen molar-refractivity contribution < 1.29 is 9.90 Å². The predicted octanol–water partition coefficient (Wildman–Crippen LogP) is 1.86. The van der Waals surface area contributed by atoms with Gasteiger partial charge >= 0.3 is 5.97 Å². The molecule has 0 bridgehead atoms. The molecule has 0 spiro atoms. The number of para-hydroxylation sites is 1. The van der Waals surface area contributed by atoms with Gasteiger partial charge in [0, 0.05) is 6.42 Å². The lowest BCUT2D eigenvalue weighted by Crippen LogP contribution is -2.09. The highest BCUT2D eigenvalue weighted by atomic mass is 16.4. The number of aliphatic carboxylic acids is 1. The van der Waals surface area contributed by atoms with Gasteiger partial charge in [-0.15, -0.1) is 5.10 Å². The Morgan fingerprint density at radius 3 is 3.00 bits per heavy atom. The van der Waals surface area contributed by atoms with Crippen molar-refractivity contribution in [1.82, 2.24) is 15.0 Å². The molecule has 0 aliphatic heterocycles. The molecule has 1 aromatic carbocycles. The second-order valence-electron chi connectivity index (χ2n) is 3.80. The van der Waals surface area contributed by atoms with Crippen molar-refractivity contribution in [1.29, 1.82) is 0 Å². The van der Waals surface area contributed by atoms with E-state index < -0.39 is 5.97 Å². The number of rotatable bonds is 4. The lowest BCUT2D eigenvalue weighted by molar-refractivity contribution is -0.137. The molecule has 0 aliphatic rings. The molecule has 2 rings (SSSR count). The van der Waals surface area contributed by atoms with Crippen molar-refractivity contribution in [3.8, 4) is 0 Å². The molecule has 0 saturated carbocycles. The van der Waals surface area contributed by atoms with Crippen LogP contribution in [0.25, 0.3) is 11.0 Å². The molecule has 5 heteroatoms. The number of nitrogens with zero attached hydrogens (tertiary/aromatic N) is 3. The number of carboxylic acid groups (broad SMARTS) is 1. The van der Waals surface area contributed by atoms with Crippen LogP contribution in [-0.2, 0) is 4.79 Å². The zero-order valence-electron chi connectivity index (χ0n) is 9.00. The summed E-state index contributed by atoms with van der Waals surface area (Å²) in [6.07, 6.45) is 0.706. The first kappa shape index (κ1) is 10.6. The molecule has 0 saturated heterocycles. The average Bonchev–Trinajstić information content (AvgIpc) is 2.69. The van der Waals surface area contributed by atoms with Gasteiger partial charge in [-0.2, -0.15) is 0 Å². The number of carboxylic acids is 1. The number of fused-ring (bicyclic) bond motifs is 1. The molecule has 1 unspecified atom stereocenters. The van der Waals surface area contributed by atoms with Gasteiger partial charge in [-0.25, -0.2) is 4.68 Å². The normalized spacial score (nSPS) is 12.8. The quantitative estimate of drug-likeness (QED) is 0.852. The van der Waals surface area contributed by atoms with Crippen molar-refractivity contribution in [2.75, 3.05) is 0 Å². The van der Waals surface area contributed by atoms with Crippen molar-refractivity contribution in [2.45, 2.75) is 25.8 Å². The molecule has 0 fully saturated rings. The first-order chi connectivity index (χ1) is 7.68. The summed E-state index contributed by atoms with van der Waals surface area (Å²) in [7, 11) is 0. The molecule has 1 aromatic heterocycles. The van der Waals surface area contributed by atoms with E-state index in [0.29, 0.717) is 6.42 Å². The van der Waals surface area contributed by atoms with E-state index >= 15 is 0 Å². The second-order valence-corrected chi connectivity index (χ2v) is 3.80. The Hall–Kier alpha value is -1.91. The fraction of sp³-hybridized carbons (Fsp3) is 0.364. The van der Waals surface area contributed by atoms with Crippen LogP contribution in [0.15, 0.2) is 24.3 Å². The zero-order valence-corrected chi connectivity index (χ0v) is 9.00. The van der Waals surface area contributed by atoms with E-state index in [9.17, 15) is 4.79 Å². The largest absolute Gasteiger partial charge is 0.481 e. The van der Waals surface area contributed by atoms with Crippen LogP contribution < -0.4 is 0 Å². The Labute approximate surface area is 92.7 Å². The van der Waals surface area contributed by atoms with E-state index in [0.717, 1.165) is 11.0 Å². The summed E-state index contributed by atoms with van der Waals surface area (Å²) in [6.45, 7) is 1.95. The van der Waals surface area contributed by atoms with E-state index in [2.05, 4.69) is 10.3 Å². The third kappa shape index (κ3) is 2.03. The summed E-state index contributed by atoms with van der Waals surface area (Å²) in [5.41, 5.74) is 1.78. The van der Waals surface area contributed by atoms with Crippen molar-refractivity contribution in [3.63, 3.8) is 0 Å². The monoisotopic (exact) mass is 219 g/mol. The predicted molar refractivity (Wildman–Crippen MR) is 59.1 cm³/mol. The molecule has 0 amide bonds. The van der Waals surface area contributed by atoms with Crippen LogP contribution in [0, 0.1) is 0 Å². The zero-order chi connectivity index (χ0) is 11.5. The molecule has 0 aliphatic carbocycles. The maximum absolute atomic E-state index is 10.5. The molecular weight excluding hydrogens is 206 g/mol. The minimum absolute atomic E-state index is 0.0449. The van der Waals surface area contributed by atoms with E-state index in [4.69, 9.17) is 5.11 Å². The van der Waals surface area contributed by atoms with Crippen LogP contribution in [0.4, 0.5) is 0 Å². The summed E-state index contributed by atoms with van der Waals surface area (Å²) in [6, 6.07) is 7.70. The average molecular weight is 219 g/mol. The summed E-state index contributed by atoms with van der Waals surface area (Å²) in [5, 5.41) is 16.7. The third-order valence-electron chi connectivity index (χ3n) is 2.57. The Balaban J connectivity index is 2.22. The molecule has 0 radical (unpaired) electrons. The highest BCUT2D eigenvalue weighted by Crippen LogP contribution is 2.18. The first-order valence-electron chi connectivity index (χ1n) is 5.20. The Kier molecular flexibility index (Phi) is 2.85. The topological polar surface area (TPSA) is 68.0 Å². The number of hydrogen-bond acceptors (Lipinski definition) is 3. The summed E-state index contributed by atoms with van der Waals surface area (Å²) >= 11 is 0. The van der Waals surface area contributed by atoms with Gasteiger partial charge in [0.05, 0.1) is 11.6 Å². The molecule has 1 atom stereocenters. The molecule has 2 aromatic rings. The van der Waals surface area contributed by atoms with Crippen LogP contribution >= 0.6 is 0 Å². The lowest BCUT2D eigenvalue weighted by atomic mass is 10.2. The highest BCUT2D eigenvalue weighted by Gasteiger charge is 2.11. The number of benzene rings is 1. The van der Waals surface area contributed by atoms with Crippen molar-refractivity contribution >= 4 is 17.0 Å². The standard InChI is InChI=1S/C11H13N3O2/c1-8(6-7-11(15)16)14-10-5-3-2-4-9(10)12-13-14/h2-5,8H,6-7H2,1H3,(H,15,16). The summed E-state index contributed by atoms with van der Waals surface area (Å²) in [5.74, 6) is -0.781. The van der Waals surface area contributed by atoms with Gasteiger partial charge in [-0.1, -0.05) is 17.3 Å². The minimum Gasteiger partial charge on any atom is -0.481 e.